The fourth-order valence-electron chi connectivity index (χ4n) is 4.22. The molecule has 2 heterocycles. The molecular weight excluding hydrogens is 306 g/mol. The van der Waals surface area contributed by atoms with Gasteiger partial charge in [-0.15, -0.1) is 0 Å². The van der Waals surface area contributed by atoms with Crippen LogP contribution in [-0.4, -0.2) is 24.4 Å². The SMILES string of the molecule is Cc1ccc2c(c1)C1(NC(=O)NC1=O)C(=O)N2CC1CCCCC1. The zero-order chi connectivity index (χ0) is 16.9. The Kier molecular flexibility index (Phi) is 3.37. The molecule has 0 bridgehead atoms. The fraction of sp³-hybridized carbons (Fsp3) is 0.500. The molecule has 3 aliphatic rings. The van der Waals surface area contributed by atoms with Gasteiger partial charge in [-0.2, -0.15) is 0 Å². The van der Waals surface area contributed by atoms with Crippen molar-refractivity contribution in [1.82, 2.24) is 10.6 Å². The Bertz CT molecular complexity index is 739. The molecule has 24 heavy (non-hydrogen) atoms. The number of fused-ring (bicyclic) bond motifs is 2. The third-order valence-corrected chi connectivity index (χ3v) is 5.45. The molecule has 0 radical (unpaired) electrons. The first-order valence-corrected chi connectivity index (χ1v) is 8.59. The van der Waals surface area contributed by atoms with E-state index in [0.29, 0.717) is 18.0 Å². The van der Waals surface area contributed by atoms with Crippen LogP contribution in [0.4, 0.5) is 10.5 Å². The Balaban J connectivity index is 1.76. The van der Waals surface area contributed by atoms with Crippen molar-refractivity contribution in [2.24, 2.45) is 5.92 Å². The van der Waals surface area contributed by atoms with Crippen LogP contribution >= 0.6 is 0 Å². The van der Waals surface area contributed by atoms with Crippen LogP contribution in [0.1, 0.15) is 43.2 Å². The largest absolute Gasteiger partial charge is 0.323 e. The van der Waals surface area contributed by atoms with Gasteiger partial charge in [0, 0.05) is 12.1 Å². The molecule has 1 aromatic carbocycles. The summed E-state index contributed by atoms with van der Waals surface area (Å²) in [5.74, 6) is -0.459. The summed E-state index contributed by atoms with van der Waals surface area (Å²) in [4.78, 5) is 39.1. The molecule has 6 heteroatoms. The Labute approximate surface area is 140 Å². The Morgan fingerprint density at radius 3 is 2.58 bits per heavy atom. The van der Waals surface area contributed by atoms with Gasteiger partial charge in [0.15, 0.2) is 0 Å². The number of imide groups is 1. The number of anilines is 1. The van der Waals surface area contributed by atoms with Gasteiger partial charge in [-0.3, -0.25) is 14.9 Å². The molecule has 1 spiro atoms. The minimum absolute atomic E-state index is 0.336. The third kappa shape index (κ3) is 2.05. The van der Waals surface area contributed by atoms with Crippen molar-refractivity contribution in [3.63, 3.8) is 0 Å². The number of hydrogen-bond donors (Lipinski definition) is 2. The highest BCUT2D eigenvalue weighted by atomic mass is 16.2. The molecule has 1 unspecified atom stereocenters. The zero-order valence-corrected chi connectivity index (χ0v) is 13.7. The lowest BCUT2D eigenvalue weighted by Crippen LogP contribution is -2.53. The van der Waals surface area contributed by atoms with Crippen LogP contribution in [0.15, 0.2) is 18.2 Å². The third-order valence-electron chi connectivity index (χ3n) is 5.45. The molecule has 6 nitrogen and oxygen atoms in total. The number of amides is 4. The van der Waals surface area contributed by atoms with Crippen LogP contribution in [-0.2, 0) is 15.1 Å². The molecule has 2 fully saturated rings. The van der Waals surface area contributed by atoms with Gasteiger partial charge in [0.2, 0.25) is 5.54 Å². The minimum Gasteiger partial charge on any atom is -0.312 e. The maximum atomic E-state index is 13.2. The van der Waals surface area contributed by atoms with Gasteiger partial charge in [-0.1, -0.05) is 37.0 Å². The average molecular weight is 327 g/mol. The van der Waals surface area contributed by atoms with Crippen LogP contribution in [0.5, 0.6) is 0 Å². The lowest BCUT2D eigenvalue weighted by molar-refractivity contribution is -0.134. The van der Waals surface area contributed by atoms with E-state index in [4.69, 9.17) is 0 Å². The number of rotatable bonds is 2. The number of carbonyl (C=O) groups is 3. The number of nitrogens with zero attached hydrogens (tertiary/aromatic N) is 1. The summed E-state index contributed by atoms with van der Waals surface area (Å²) < 4.78 is 0. The van der Waals surface area contributed by atoms with Crippen molar-refractivity contribution < 1.29 is 14.4 Å². The lowest BCUT2D eigenvalue weighted by atomic mass is 9.89. The smallest absolute Gasteiger partial charge is 0.312 e. The van der Waals surface area contributed by atoms with Gasteiger partial charge >= 0.3 is 6.03 Å². The molecule has 1 saturated heterocycles. The summed E-state index contributed by atoms with van der Waals surface area (Å²) in [5, 5.41) is 4.82. The van der Waals surface area contributed by atoms with Crippen LogP contribution < -0.4 is 15.5 Å². The normalized spacial score (nSPS) is 26.7. The number of carbonyl (C=O) groups excluding carboxylic acids is 3. The van der Waals surface area contributed by atoms with Gasteiger partial charge < -0.3 is 10.2 Å². The van der Waals surface area contributed by atoms with Gasteiger partial charge in [-0.25, -0.2) is 4.79 Å². The summed E-state index contributed by atoms with van der Waals surface area (Å²) in [5.41, 5.74) is 0.696. The van der Waals surface area contributed by atoms with Crippen molar-refractivity contribution in [3.8, 4) is 0 Å². The first-order chi connectivity index (χ1) is 11.5. The molecule has 2 aliphatic heterocycles. The Morgan fingerprint density at radius 2 is 1.92 bits per heavy atom. The summed E-state index contributed by atoms with van der Waals surface area (Å²) in [6.45, 7) is 2.52. The highest BCUT2D eigenvalue weighted by Gasteiger charge is 2.61. The molecule has 2 N–H and O–H groups in total. The van der Waals surface area contributed by atoms with Crippen LogP contribution in [0, 0.1) is 12.8 Å². The molecule has 1 saturated carbocycles. The molecular formula is C18H21N3O3. The molecule has 0 aromatic heterocycles. The topological polar surface area (TPSA) is 78.5 Å². The van der Waals surface area contributed by atoms with E-state index in [9.17, 15) is 14.4 Å². The van der Waals surface area contributed by atoms with E-state index in [1.807, 2.05) is 25.1 Å². The summed E-state index contributed by atoms with van der Waals surface area (Å²) >= 11 is 0. The van der Waals surface area contributed by atoms with Crippen molar-refractivity contribution in [2.75, 3.05) is 11.4 Å². The maximum Gasteiger partial charge on any atom is 0.323 e. The maximum absolute atomic E-state index is 13.2. The van der Waals surface area contributed by atoms with E-state index in [1.54, 1.807) is 4.90 Å². The van der Waals surface area contributed by atoms with Crippen molar-refractivity contribution in [3.05, 3.63) is 29.3 Å². The summed E-state index contributed by atoms with van der Waals surface area (Å²) in [7, 11) is 0. The summed E-state index contributed by atoms with van der Waals surface area (Å²) in [6.07, 6.45) is 5.85. The van der Waals surface area contributed by atoms with Gasteiger partial charge in [0.25, 0.3) is 11.8 Å². The monoisotopic (exact) mass is 327 g/mol. The first kappa shape index (κ1) is 15.2. The molecule has 4 amide bonds. The fourth-order valence-corrected chi connectivity index (χ4v) is 4.22. The number of benzene rings is 1. The zero-order valence-electron chi connectivity index (χ0n) is 13.7. The molecule has 1 aliphatic carbocycles. The number of hydrogen-bond acceptors (Lipinski definition) is 3. The Morgan fingerprint density at radius 1 is 1.17 bits per heavy atom. The van der Waals surface area contributed by atoms with Crippen molar-refractivity contribution in [2.45, 2.75) is 44.6 Å². The molecule has 1 aromatic rings. The Hall–Kier alpha value is -2.37. The second-order valence-electron chi connectivity index (χ2n) is 7.10. The summed E-state index contributed by atoms with van der Waals surface area (Å²) in [6, 6.07) is 5.05. The van der Waals surface area contributed by atoms with Gasteiger partial charge in [0.05, 0.1) is 5.69 Å². The van der Waals surface area contributed by atoms with E-state index in [0.717, 1.165) is 24.1 Å². The van der Waals surface area contributed by atoms with Gasteiger partial charge in [0.1, 0.15) is 0 Å². The minimum atomic E-state index is -1.59. The van der Waals surface area contributed by atoms with E-state index in [-0.39, 0.29) is 5.91 Å². The van der Waals surface area contributed by atoms with Crippen LogP contribution in [0.2, 0.25) is 0 Å². The lowest BCUT2D eigenvalue weighted by Gasteiger charge is -2.28. The molecule has 126 valence electrons. The average Bonchev–Trinajstić information content (AvgIpc) is 2.98. The van der Waals surface area contributed by atoms with Crippen molar-refractivity contribution in [1.29, 1.82) is 0 Å². The number of nitrogens with one attached hydrogen (secondary N) is 2. The van der Waals surface area contributed by atoms with Crippen molar-refractivity contribution >= 4 is 23.5 Å². The highest BCUT2D eigenvalue weighted by molar-refractivity contribution is 6.27. The predicted octanol–water partition coefficient (Wildman–Crippen LogP) is 1.96. The molecule has 4 rings (SSSR count). The standard InChI is InChI=1S/C18H21N3O3/c1-11-7-8-14-13(9-11)18(15(22)19-17(24)20-18)16(23)21(14)10-12-5-3-2-4-6-12/h7-9,12H,2-6,10H2,1H3,(H2,19,20,22,24). The van der Waals surface area contributed by atoms with Crippen LogP contribution in [0.25, 0.3) is 0 Å². The number of aryl methyl sites for hydroxylation is 1. The number of urea groups is 1. The van der Waals surface area contributed by atoms with E-state index < -0.39 is 17.5 Å². The van der Waals surface area contributed by atoms with E-state index in [2.05, 4.69) is 10.6 Å². The second-order valence-corrected chi connectivity index (χ2v) is 7.10. The van der Waals surface area contributed by atoms with E-state index >= 15 is 0 Å². The quantitative estimate of drug-likeness (QED) is 0.644. The highest BCUT2D eigenvalue weighted by Crippen LogP contribution is 2.43. The van der Waals surface area contributed by atoms with E-state index in [1.165, 1.54) is 19.3 Å². The second kappa shape index (κ2) is 5.33. The first-order valence-electron chi connectivity index (χ1n) is 8.59. The predicted molar refractivity (Wildman–Crippen MR) is 88.5 cm³/mol. The van der Waals surface area contributed by atoms with Gasteiger partial charge in [-0.05, 0) is 31.7 Å². The molecule has 1 atom stereocenters. The van der Waals surface area contributed by atoms with Crippen LogP contribution in [0.3, 0.4) is 0 Å².